The van der Waals surface area contributed by atoms with Crippen LogP contribution in [0.1, 0.15) is 66.8 Å². The van der Waals surface area contributed by atoms with Crippen molar-refractivity contribution in [3.05, 3.63) is 58.1 Å². The Morgan fingerprint density at radius 3 is 2.20 bits per heavy atom. The van der Waals surface area contributed by atoms with Crippen LogP contribution in [0.4, 0.5) is 11.4 Å². The average Bonchev–Trinajstić information content (AvgIpc) is 2.79. The second-order valence-electron chi connectivity index (χ2n) is 11.8. The molecule has 4 bridgehead atoms. The third-order valence-electron chi connectivity index (χ3n) is 9.90. The van der Waals surface area contributed by atoms with Gasteiger partial charge in [0.2, 0.25) is 0 Å². The van der Waals surface area contributed by atoms with Crippen molar-refractivity contribution < 1.29 is 19.3 Å². The Bertz CT molecular complexity index is 1210. The minimum Gasteiger partial charge on any atom is -0.465 e. The Hall–Kier alpha value is -2.37. The lowest BCUT2D eigenvalue weighted by atomic mass is 9.44. The van der Waals surface area contributed by atoms with E-state index in [2.05, 4.69) is 56.0 Å². The van der Waals surface area contributed by atoms with Crippen molar-refractivity contribution in [2.45, 2.75) is 71.0 Å². The highest BCUT2D eigenvalue weighted by atomic mass is 17.3. The Balaban J connectivity index is 1.48. The van der Waals surface area contributed by atoms with Crippen molar-refractivity contribution >= 4 is 17.3 Å². The molecule has 2 spiro atoms. The van der Waals surface area contributed by atoms with E-state index in [4.69, 9.17) is 14.5 Å². The number of ether oxygens (including phenoxy) is 1. The summed E-state index contributed by atoms with van der Waals surface area (Å²) in [5.41, 5.74) is 7.06. The van der Waals surface area contributed by atoms with E-state index >= 15 is 0 Å². The number of benzene rings is 2. The minimum atomic E-state index is -0.643. The third kappa shape index (κ3) is 2.69. The largest absolute Gasteiger partial charge is 0.465 e. The van der Waals surface area contributed by atoms with Crippen LogP contribution in [0, 0.1) is 44.4 Å². The molecule has 5 fully saturated rings. The van der Waals surface area contributed by atoms with Gasteiger partial charge in [0.05, 0.1) is 6.61 Å². The molecule has 2 heterocycles. The number of esters is 1. The minimum absolute atomic E-state index is 0.181. The molecule has 1 saturated heterocycles. The summed E-state index contributed by atoms with van der Waals surface area (Å²) in [6.07, 6.45) is 6.37. The van der Waals surface area contributed by atoms with Crippen molar-refractivity contribution in [2.75, 3.05) is 18.1 Å². The van der Waals surface area contributed by atoms with Gasteiger partial charge in [-0.1, -0.05) is 23.8 Å². The molecule has 1 unspecified atom stereocenters. The quantitative estimate of drug-likeness (QED) is 0.403. The lowest BCUT2D eigenvalue weighted by Gasteiger charge is -2.71. The van der Waals surface area contributed by atoms with Gasteiger partial charge in [0.25, 0.3) is 0 Å². The van der Waals surface area contributed by atoms with Gasteiger partial charge in [-0.2, -0.15) is 0 Å². The average molecular weight is 474 g/mol. The number of hydrogen-bond donors (Lipinski definition) is 0. The summed E-state index contributed by atoms with van der Waals surface area (Å²) in [5, 5.41) is 0. The van der Waals surface area contributed by atoms with Crippen LogP contribution in [-0.4, -0.2) is 24.7 Å². The second-order valence-corrected chi connectivity index (χ2v) is 11.8. The summed E-state index contributed by atoms with van der Waals surface area (Å²) >= 11 is 0. The van der Waals surface area contributed by atoms with Crippen LogP contribution >= 0.6 is 0 Å². The molecule has 0 radical (unpaired) electrons. The van der Waals surface area contributed by atoms with Gasteiger partial charge in [-0.3, -0.25) is 4.79 Å². The highest BCUT2D eigenvalue weighted by Crippen LogP contribution is 2.73. The van der Waals surface area contributed by atoms with Crippen LogP contribution in [-0.2, 0) is 24.9 Å². The van der Waals surface area contributed by atoms with Gasteiger partial charge in [-0.15, -0.1) is 0 Å². The van der Waals surface area contributed by atoms with Crippen molar-refractivity contribution in [1.82, 2.24) is 0 Å². The van der Waals surface area contributed by atoms with Crippen molar-refractivity contribution in [2.24, 2.45) is 23.7 Å². The van der Waals surface area contributed by atoms with Crippen LogP contribution in [0.2, 0.25) is 0 Å². The van der Waals surface area contributed by atoms with Gasteiger partial charge >= 0.3 is 5.97 Å². The number of rotatable bonds is 3. The Labute approximate surface area is 207 Å². The summed E-state index contributed by atoms with van der Waals surface area (Å²) in [5.74, 6) is 2.47. The predicted molar refractivity (Wildman–Crippen MR) is 133 cm³/mol. The molecule has 6 aliphatic rings. The maximum Gasteiger partial charge on any atom is 0.325 e. The number of anilines is 2. The zero-order valence-corrected chi connectivity index (χ0v) is 21.2. The van der Waals surface area contributed by atoms with E-state index in [9.17, 15) is 4.79 Å². The van der Waals surface area contributed by atoms with E-state index in [1.165, 1.54) is 48.8 Å². The number of hydrogen-bond acceptors (Lipinski definition) is 5. The molecule has 0 aromatic heterocycles. The molecular weight excluding hydrogens is 438 g/mol. The van der Waals surface area contributed by atoms with E-state index in [1.54, 1.807) is 0 Å². The molecule has 0 amide bonds. The SMILES string of the molecule is CCOC(=O)CN1c2ccc(C)cc2C2(OOC23C2CC4CC(C2)CC3C4)c2cc(C)c(C)cc21. The summed E-state index contributed by atoms with van der Waals surface area (Å²) in [4.78, 5) is 27.9. The van der Waals surface area contributed by atoms with Crippen molar-refractivity contribution in [3.63, 3.8) is 0 Å². The first-order chi connectivity index (χ1) is 16.9. The molecule has 5 heteroatoms. The number of nitrogens with zero attached hydrogens (tertiary/aromatic N) is 1. The fourth-order valence-electron chi connectivity index (χ4n) is 8.58. The van der Waals surface area contributed by atoms with E-state index in [0.717, 1.165) is 34.3 Å². The molecule has 5 nitrogen and oxygen atoms in total. The van der Waals surface area contributed by atoms with Gasteiger partial charge in [0, 0.05) is 22.5 Å². The fourth-order valence-corrected chi connectivity index (χ4v) is 8.58. The van der Waals surface area contributed by atoms with E-state index in [1.807, 2.05) is 6.92 Å². The van der Waals surface area contributed by atoms with Gasteiger partial charge < -0.3 is 9.64 Å². The van der Waals surface area contributed by atoms with E-state index < -0.39 is 5.60 Å². The van der Waals surface area contributed by atoms with Crippen LogP contribution in [0.3, 0.4) is 0 Å². The molecule has 8 rings (SSSR count). The molecule has 35 heavy (non-hydrogen) atoms. The molecule has 4 aliphatic carbocycles. The monoisotopic (exact) mass is 473 g/mol. The van der Waals surface area contributed by atoms with Gasteiger partial charge in [-0.05, 0) is 107 Å². The molecule has 2 aromatic rings. The van der Waals surface area contributed by atoms with Crippen molar-refractivity contribution in [3.8, 4) is 0 Å². The highest BCUT2D eigenvalue weighted by Gasteiger charge is 2.77. The molecule has 0 N–H and O–H groups in total. The molecule has 4 saturated carbocycles. The van der Waals surface area contributed by atoms with Crippen molar-refractivity contribution in [1.29, 1.82) is 0 Å². The normalized spacial score (nSPS) is 35.7. The molecular formula is C30H35NO4. The first kappa shape index (κ1) is 21.9. The first-order valence-corrected chi connectivity index (χ1v) is 13.4. The van der Waals surface area contributed by atoms with Gasteiger partial charge in [0.15, 0.2) is 5.60 Å². The predicted octanol–water partition coefficient (Wildman–Crippen LogP) is 6.03. The van der Waals surface area contributed by atoms with Gasteiger partial charge in [0.1, 0.15) is 12.1 Å². The number of carbonyl (C=O) groups excluding carboxylic acids is 1. The van der Waals surface area contributed by atoms with E-state index in [0.29, 0.717) is 18.4 Å². The number of aryl methyl sites for hydroxylation is 3. The molecule has 1 atom stereocenters. The topological polar surface area (TPSA) is 48.0 Å². The second kappa shape index (κ2) is 7.33. The molecule has 184 valence electrons. The Kier molecular flexibility index (Phi) is 4.58. The van der Waals surface area contributed by atoms with Crippen LogP contribution in [0.15, 0.2) is 30.3 Å². The van der Waals surface area contributed by atoms with Crippen LogP contribution in [0.5, 0.6) is 0 Å². The zero-order valence-electron chi connectivity index (χ0n) is 21.2. The maximum atomic E-state index is 12.8. The third-order valence-corrected chi connectivity index (χ3v) is 9.90. The summed E-state index contributed by atoms with van der Waals surface area (Å²) in [7, 11) is 0. The smallest absolute Gasteiger partial charge is 0.325 e. The standard InChI is InChI=1S/C30H35NO4/c1-5-33-28(32)16-31-26-7-6-17(2)8-24(26)30(25-9-18(3)19(4)10-27(25)31)29(34-35-30)22-12-20-11-21(14-22)15-23(29)13-20/h6-10,20-23H,5,11-16H2,1-4H3. The van der Waals surface area contributed by atoms with Crippen LogP contribution in [0.25, 0.3) is 0 Å². The fraction of sp³-hybridized carbons (Fsp3) is 0.567. The summed E-state index contributed by atoms with van der Waals surface area (Å²) in [6.45, 7) is 8.88. The number of carbonyl (C=O) groups is 1. The molecule has 2 aliphatic heterocycles. The number of fused-ring (bicyclic) bond motifs is 4. The zero-order chi connectivity index (χ0) is 24.1. The summed E-state index contributed by atoms with van der Waals surface area (Å²) in [6, 6.07) is 11.1. The maximum absolute atomic E-state index is 12.8. The molecule has 2 aromatic carbocycles. The Morgan fingerprint density at radius 1 is 0.914 bits per heavy atom. The lowest BCUT2D eigenvalue weighted by molar-refractivity contribution is -0.583. The summed E-state index contributed by atoms with van der Waals surface area (Å²) < 4.78 is 5.40. The highest BCUT2D eigenvalue weighted by molar-refractivity contribution is 5.86. The Morgan fingerprint density at radius 2 is 1.57 bits per heavy atom. The van der Waals surface area contributed by atoms with E-state index in [-0.39, 0.29) is 18.1 Å². The van der Waals surface area contributed by atoms with Crippen LogP contribution < -0.4 is 4.90 Å². The van der Waals surface area contributed by atoms with Gasteiger partial charge in [-0.25, -0.2) is 9.78 Å². The lowest BCUT2D eigenvalue weighted by Crippen LogP contribution is -2.77. The first-order valence-electron chi connectivity index (χ1n) is 13.4.